The summed E-state index contributed by atoms with van der Waals surface area (Å²) < 4.78 is 1.90. The summed E-state index contributed by atoms with van der Waals surface area (Å²) in [6, 6.07) is 11.3. The number of aryl methyl sites for hydroxylation is 1. The highest BCUT2D eigenvalue weighted by Gasteiger charge is 2.18. The first kappa shape index (κ1) is 16.9. The molecule has 0 bridgehead atoms. The van der Waals surface area contributed by atoms with Crippen LogP contribution in [0.4, 0.5) is 11.6 Å². The lowest BCUT2D eigenvalue weighted by atomic mass is 10.2. The van der Waals surface area contributed by atoms with Gasteiger partial charge in [-0.05, 0) is 24.6 Å². The number of non-ortho nitro benzene ring substituents is 1. The molecule has 0 saturated carbocycles. The van der Waals surface area contributed by atoms with Gasteiger partial charge >= 0.3 is 0 Å². The lowest BCUT2D eigenvalue weighted by molar-refractivity contribution is -0.384. The summed E-state index contributed by atoms with van der Waals surface area (Å²) in [5, 5.41) is 13.8. The van der Waals surface area contributed by atoms with Crippen LogP contribution in [0, 0.1) is 10.1 Å². The van der Waals surface area contributed by atoms with Crippen molar-refractivity contribution in [3.8, 4) is 0 Å². The number of para-hydroxylation sites is 2. The molecule has 8 heteroatoms. The zero-order valence-corrected chi connectivity index (χ0v) is 14.2. The average Bonchev–Trinajstić information content (AvgIpc) is 2.93. The Kier molecular flexibility index (Phi) is 4.67. The van der Waals surface area contributed by atoms with Crippen LogP contribution in [-0.2, 0) is 6.54 Å². The third kappa shape index (κ3) is 3.32. The molecule has 2 aromatic carbocycles. The van der Waals surface area contributed by atoms with Crippen molar-refractivity contribution in [1.29, 1.82) is 0 Å². The molecular weight excluding hydrogens is 344 g/mol. The van der Waals surface area contributed by atoms with Crippen molar-refractivity contribution < 1.29 is 9.72 Å². The highest BCUT2D eigenvalue weighted by Crippen LogP contribution is 2.25. The fraction of sp³-hybridized carbons (Fsp3) is 0.176. The van der Waals surface area contributed by atoms with Crippen molar-refractivity contribution in [2.45, 2.75) is 19.9 Å². The smallest absolute Gasteiger partial charge is 0.270 e. The average molecular weight is 359 g/mol. The first-order valence-electron chi connectivity index (χ1n) is 7.72. The summed E-state index contributed by atoms with van der Waals surface area (Å²) in [6.45, 7) is 2.70. The summed E-state index contributed by atoms with van der Waals surface area (Å²) in [6.07, 6.45) is 0.862. The number of nitrogens with zero attached hydrogens (tertiary/aromatic N) is 3. The summed E-state index contributed by atoms with van der Waals surface area (Å²) in [4.78, 5) is 27.4. The maximum atomic E-state index is 12.6. The molecule has 25 heavy (non-hydrogen) atoms. The lowest BCUT2D eigenvalue weighted by Crippen LogP contribution is -2.16. The quantitative estimate of drug-likeness (QED) is 0.545. The van der Waals surface area contributed by atoms with Crippen molar-refractivity contribution in [2.24, 2.45) is 0 Å². The van der Waals surface area contributed by atoms with Crippen LogP contribution in [0.1, 0.15) is 23.7 Å². The van der Waals surface area contributed by atoms with Gasteiger partial charge in [-0.15, -0.1) is 0 Å². The number of anilines is 1. The molecule has 3 rings (SSSR count). The van der Waals surface area contributed by atoms with Crippen LogP contribution >= 0.6 is 11.6 Å². The van der Waals surface area contributed by atoms with E-state index < -0.39 is 10.8 Å². The van der Waals surface area contributed by atoms with E-state index in [9.17, 15) is 14.9 Å². The minimum atomic E-state index is -0.570. The van der Waals surface area contributed by atoms with Crippen molar-refractivity contribution in [2.75, 3.05) is 5.32 Å². The number of hydrogen-bond acceptors (Lipinski definition) is 4. The fourth-order valence-corrected chi connectivity index (χ4v) is 2.79. The second-order valence-electron chi connectivity index (χ2n) is 5.45. The summed E-state index contributed by atoms with van der Waals surface area (Å²) in [5.74, 6) is -0.156. The molecule has 128 valence electrons. The largest absolute Gasteiger partial charge is 0.310 e. The monoisotopic (exact) mass is 358 g/mol. The Hall–Kier alpha value is -2.93. The Bertz CT molecular complexity index is 968. The summed E-state index contributed by atoms with van der Waals surface area (Å²) >= 11 is 6.03. The van der Waals surface area contributed by atoms with Gasteiger partial charge in [0, 0.05) is 18.7 Å². The second-order valence-corrected chi connectivity index (χ2v) is 5.86. The number of rotatable bonds is 5. The Balaban J connectivity index is 1.98. The molecule has 1 heterocycles. The third-order valence-electron chi connectivity index (χ3n) is 3.73. The van der Waals surface area contributed by atoms with E-state index in [1.807, 2.05) is 35.8 Å². The van der Waals surface area contributed by atoms with Crippen LogP contribution in [-0.4, -0.2) is 20.4 Å². The highest BCUT2D eigenvalue weighted by molar-refractivity contribution is 6.34. The predicted molar refractivity (Wildman–Crippen MR) is 96.1 cm³/mol. The SMILES string of the molecule is CCCn1c(NC(=O)c2cc([N+](=O)[O-])ccc2Cl)nc2ccccc21. The van der Waals surface area contributed by atoms with Gasteiger partial charge in [-0.3, -0.25) is 20.2 Å². The molecule has 0 fully saturated rings. The number of aromatic nitrogens is 2. The zero-order chi connectivity index (χ0) is 18.0. The summed E-state index contributed by atoms with van der Waals surface area (Å²) in [7, 11) is 0. The number of benzene rings is 2. The molecule has 1 amide bonds. The van der Waals surface area contributed by atoms with Gasteiger partial charge in [0.15, 0.2) is 0 Å². The fourth-order valence-electron chi connectivity index (χ4n) is 2.59. The molecular formula is C17H15ClN4O3. The zero-order valence-electron chi connectivity index (χ0n) is 13.4. The van der Waals surface area contributed by atoms with Crippen molar-refractivity contribution >= 4 is 40.2 Å². The molecule has 0 spiro atoms. The molecule has 0 radical (unpaired) electrons. The summed E-state index contributed by atoms with van der Waals surface area (Å²) in [5.41, 5.74) is 1.50. The number of amides is 1. The van der Waals surface area contributed by atoms with Crippen LogP contribution in [0.15, 0.2) is 42.5 Å². The first-order valence-corrected chi connectivity index (χ1v) is 8.09. The van der Waals surface area contributed by atoms with Crippen LogP contribution in [0.3, 0.4) is 0 Å². The normalized spacial score (nSPS) is 10.8. The van der Waals surface area contributed by atoms with E-state index in [4.69, 9.17) is 11.6 Å². The van der Waals surface area contributed by atoms with Gasteiger partial charge in [0.1, 0.15) is 0 Å². The Labute approximate surface area is 148 Å². The Morgan fingerprint density at radius 1 is 1.32 bits per heavy atom. The first-order chi connectivity index (χ1) is 12.0. The van der Waals surface area contributed by atoms with E-state index in [0.717, 1.165) is 23.5 Å². The van der Waals surface area contributed by atoms with E-state index in [-0.39, 0.29) is 16.3 Å². The molecule has 0 saturated heterocycles. The van der Waals surface area contributed by atoms with Crippen molar-refractivity contribution in [3.63, 3.8) is 0 Å². The molecule has 0 unspecified atom stereocenters. The number of carbonyl (C=O) groups excluding carboxylic acids is 1. The minimum absolute atomic E-state index is 0.0333. The van der Waals surface area contributed by atoms with E-state index in [2.05, 4.69) is 10.3 Å². The standard InChI is InChI=1S/C17H15ClN4O3/c1-2-9-21-15-6-4-3-5-14(15)19-17(21)20-16(23)12-10-11(22(24)25)7-8-13(12)18/h3-8,10H,2,9H2,1H3,(H,19,20,23). The predicted octanol–water partition coefficient (Wildman–Crippen LogP) is 4.26. The Morgan fingerprint density at radius 3 is 2.80 bits per heavy atom. The van der Waals surface area contributed by atoms with Crippen LogP contribution < -0.4 is 5.32 Å². The number of hydrogen-bond donors (Lipinski definition) is 1. The number of imidazole rings is 1. The van der Waals surface area contributed by atoms with Gasteiger partial charge in [-0.2, -0.15) is 0 Å². The molecule has 0 atom stereocenters. The third-order valence-corrected chi connectivity index (χ3v) is 4.06. The molecule has 1 aromatic heterocycles. The van der Waals surface area contributed by atoms with E-state index in [1.165, 1.54) is 12.1 Å². The van der Waals surface area contributed by atoms with Crippen LogP contribution in [0.25, 0.3) is 11.0 Å². The molecule has 0 aliphatic carbocycles. The molecule has 0 aliphatic rings. The van der Waals surface area contributed by atoms with Crippen LogP contribution in [0.2, 0.25) is 5.02 Å². The van der Waals surface area contributed by atoms with E-state index in [1.54, 1.807) is 0 Å². The molecule has 3 aromatic rings. The Morgan fingerprint density at radius 2 is 2.08 bits per heavy atom. The number of nitro benzene ring substituents is 1. The van der Waals surface area contributed by atoms with Gasteiger partial charge < -0.3 is 4.57 Å². The number of fused-ring (bicyclic) bond motifs is 1. The van der Waals surface area contributed by atoms with Gasteiger partial charge in [-0.25, -0.2) is 4.98 Å². The molecule has 1 N–H and O–H groups in total. The number of halogens is 1. The van der Waals surface area contributed by atoms with Crippen LogP contribution in [0.5, 0.6) is 0 Å². The maximum Gasteiger partial charge on any atom is 0.270 e. The van der Waals surface area contributed by atoms with E-state index in [0.29, 0.717) is 12.5 Å². The van der Waals surface area contributed by atoms with E-state index >= 15 is 0 Å². The van der Waals surface area contributed by atoms with Gasteiger partial charge in [0.25, 0.3) is 11.6 Å². The lowest BCUT2D eigenvalue weighted by Gasteiger charge is -2.09. The van der Waals surface area contributed by atoms with Crippen molar-refractivity contribution in [1.82, 2.24) is 9.55 Å². The van der Waals surface area contributed by atoms with Gasteiger partial charge in [0.2, 0.25) is 5.95 Å². The van der Waals surface area contributed by atoms with Gasteiger partial charge in [0.05, 0.1) is 26.5 Å². The number of nitrogens with one attached hydrogen (secondary N) is 1. The second kappa shape index (κ2) is 6.90. The van der Waals surface area contributed by atoms with Gasteiger partial charge in [-0.1, -0.05) is 30.7 Å². The molecule has 7 nitrogen and oxygen atoms in total. The number of nitro groups is 1. The highest BCUT2D eigenvalue weighted by atomic mass is 35.5. The minimum Gasteiger partial charge on any atom is -0.310 e. The van der Waals surface area contributed by atoms with Crippen molar-refractivity contribution in [3.05, 3.63) is 63.2 Å². The number of carbonyl (C=O) groups is 1. The maximum absolute atomic E-state index is 12.6. The molecule has 0 aliphatic heterocycles. The topological polar surface area (TPSA) is 90.1 Å².